The molecule has 0 radical (unpaired) electrons. The van der Waals surface area contributed by atoms with Gasteiger partial charge in [0.05, 0.1) is 5.92 Å². The molecular formula is C15H22O4. The van der Waals surface area contributed by atoms with Gasteiger partial charge in [-0.15, -0.1) is 0 Å². The zero-order chi connectivity index (χ0) is 13.4. The molecule has 0 aromatic heterocycles. The van der Waals surface area contributed by atoms with Crippen LogP contribution in [0, 0.1) is 23.7 Å². The molecule has 2 bridgehead atoms. The molecule has 3 heterocycles. The van der Waals surface area contributed by atoms with E-state index < -0.39 is 12.1 Å². The van der Waals surface area contributed by atoms with Gasteiger partial charge in [0.15, 0.2) is 5.79 Å². The molecule has 1 aliphatic carbocycles. The first-order chi connectivity index (χ1) is 8.96. The van der Waals surface area contributed by atoms with Gasteiger partial charge in [-0.05, 0) is 38.0 Å². The van der Waals surface area contributed by atoms with Crippen LogP contribution in [0.15, 0.2) is 0 Å². The molecule has 1 saturated carbocycles. The van der Waals surface area contributed by atoms with Gasteiger partial charge in [0.1, 0.15) is 5.60 Å². The van der Waals surface area contributed by atoms with E-state index >= 15 is 0 Å². The fourth-order valence-corrected chi connectivity index (χ4v) is 5.03. The van der Waals surface area contributed by atoms with E-state index in [0.717, 1.165) is 19.3 Å². The number of fused-ring (bicyclic) bond motifs is 1. The minimum absolute atomic E-state index is 0.0738. The van der Waals surface area contributed by atoms with Crippen molar-refractivity contribution in [3.63, 3.8) is 0 Å². The Kier molecular flexibility index (Phi) is 2.26. The molecule has 3 aliphatic heterocycles. The Balaban J connectivity index is 1.84. The molecule has 7 atom stereocenters. The average Bonchev–Trinajstić information content (AvgIpc) is 2.56. The third kappa shape index (κ3) is 1.34. The van der Waals surface area contributed by atoms with Gasteiger partial charge in [0, 0.05) is 12.3 Å². The first-order valence-corrected chi connectivity index (χ1v) is 7.55. The van der Waals surface area contributed by atoms with Gasteiger partial charge in [-0.1, -0.05) is 13.8 Å². The Morgan fingerprint density at radius 3 is 2.74 bits per heavy atom. The summed E-state index contributed by atoms with van der Waals surface area (Å²) in [5.41, 5.74) is -0.377. The van der Waals surface area contributed by atoms with Gasteiger partial charge in [-0.25, -0.2) is 0 Å². The molecule has 0 aromatic rings. The summed E-state index contributed by atoms with van der Waals surface area (Å²) in [5, 5.41) is 0. The van der Waals surface area contributed by atoms with Crippen LogP contribution in [0.2, 0.25) is 0 Å². The van der Waals surface area contributed by atoms with Gasteiger partial charge in [-0.2, -0.15) is 0 Å². The van der Waals surface area contributed by atoms with Crippen LogP contribution in [0.25, 0.3) is 0 Å². The Morgan fingerprint density at radius 1 is 1.16 bits per heavy atom. The lowest BCUT2D eigenvalue weighted by Crippen LogP contribution is -2.65. The van der Waals surface area contributed by atoms with Crippen molar-refractivity contribution in [2.75, 3.05) is 0 Å². The molecule has 0 N–H and O–H groups in total. The second-order valence-corrected chi connectivity index (χ2v) is 7.07. The highest BCUT2D eigenvalue weighted by Crippen LogP contribution is 2.62. The molecule has 3 saturated heterocycles. The smallest absolute Gasteiger partial charge is 0.311 e. The molecule has 4 aliphatic rings. The maximum atomic E-state index is 12.1. The largest absolute Gasteiger partial charge is 0.432 e. The zero-order valence-electron chi connectivity index (χ0n) is 11.8. The first-order valence-electron chi connectivity index (χ1n) is 7.55. The highest BCUT2D eigenvalue weighted by Gasteiger charge is 2.72. The predicted octanol–water partition coefficient (Wildman–Crippen LogP) is 2.46. The standard InChI is InChI=1S/C15H22O4/c1-8-4-5-11-9(2)12(16)17-13-15(11)10(8)6-7-14(3,18-13)19-15/h8-11,13H,4-7H2,1-3H3/t8-,9-,10+,11+,13-,14?,15-/m1/s1. The third-order valence-electron chi connectivity index (χ3n) is 6.00. The summed E-state index contributed by atoms with van der Waals surface area (Å²) in [7, 11) is 0. The van der Waals surface area contributed by atoms with Crippen LogP contribution in [-0.4, -0.2) is 23.6 Å². The quantitative estimate of drug-likeness (QED) is 0.632. The molecule has 4 rings (SSSR count). The average molecular weight is 266 g/mol. The maximum Gasteiger partial charge on any atom is 0.311 e. The number of hydrogen-bond donors (Lipinski definition) is 0. The summed E-state index contributed by atoms with van der Waals surface area (Å²) in [6.45, 7) is 6.28. The first kappa shape index (κ1) is 12.2. The third-order valence-corrected chi connectivity index (χ3v) is 6.00. The van der Waals surface area contributed by atoms with Crippen LogP contribution in [0.4, 0.5) is 0 Å². The molecule has 0 amide bonds. The van der Waals surface area contributed by atoms with E-state index in [-0.39, 0.29) is 23.4 Å². The minimum atomic E-state index is -0.555. The lowest BCUT2D eigenvalue weighted by molar-refractivity contribution is -0.263. The number of rotatable bonds is 0. The van der Waals surface area contributed by atoms with Crippen LogP contribution < -0.4 is 0 Å². The Labute approximate surface area is 113 Å². The van der Waals surface area contributed by atoms with Crippen LogP contribution in [0.5, 0.6) is 0 Å². The zero-order valence-corrected chi connectivity index (χ0v) is 11.8. The van der Waals surface area contributed by atoms with Gasteiger partial charge < -0.3 is 14.2 Å². The molecular weight excluding hydrogens is 244 g/mol. The van der Waals surface area contributed by atoms with Gasteiger partial charge >= 0.3 is 5.97 Å². The van der Waals surface area contributed by atoms with E-state index in [2.05, 4.69) is 6.92 Å². The summed E-state index contributed by atoms with van der Waals surface area (Å²) in [6.07, 6.45) is 3.76. The van der Waals surface area contributed by atoms with Crippen LogP contribution in [-0.2, 0) is 19.0 Å². The van der Waals surface area contributed by atoms with Crippen molar-refractivity contribution < 1.29 is 19.0 Å². The predicted molar refractivity (Wildman–Crippen MR) is 67.0 cm³/mol. The van der Waals surface area contributed by atoms with E-state index in [1.807, 2.05) is 13.8 Å². The Bertz CT molecular complexity index is 436. The highest BCUT2D eigenvalue weighted by atomic mass is 16.8. The SMILES string of the molecule is C[C@@H]1CC[C@H]2[C@@H](C)C(=O)O[C@@H]3OC4(C)CC[C@@H]1[C@]32O4. The van der Waals surface area contributed by atoms with E-state index in [0.29, 0.717) is 11.8 Å². The molecule has 1 unspecified atom stereocenters. The highest BCUT2D eigenvalue weighted by molar-refractivity contribution is 5.74. The Morgan fingerprint density at radius 2 is 1.95 bits per heavy atom. The lowest BCUT2D eigenvalue weighted by Gasteiger charge is -2.56. The molecule has 0 aromatic carbocycles. The van der Waals surface area contributed by atoms with Crippen LogP contribution in [0.1, 0.15) is 46.5 Å². The lowest BCUT2D eigenvalue weighted by atomic mass is 9.57. The monoisotopic (exact) mass is 266 g/mol. The molecule has 4 fully saturated rings. The number of carbonyl (C=O) groups is 1. The van der Waals surface area contributed by atoms with Crippen molar-refractivity contribution in [3.8, 4) is 0 Å². The van der Waals surface area contributed by atoms with Crippen molar-refractivity contribution in [1.82, 2.24) is 0 Å². The van der Waals surface area contributed by atoms with Crippen molar-refractivity contribution in [1.29, 1.82) is 0 Å². The van der Waals surface area contributed by atoms with Crippen molar-refractivity contribution >= 4 is 5.97 Å². The molecule has 106 valence electrons. The minimum Gasteiger partial charge on any atom is -0.432 e. The topological polar surface area (TPSA) is 44.8 Å². The maximum absolute atomic E-state index is 12.1. The van der Waals surface area contributed by atoms with E-state index in [9.17, 15) is 4.79 Å². The fraction of sp³-hybridized carbons (Fsp3) is 0.933. The van der Waals surface area contributed by atoms with Gasteiger partial charge in [0.25, 0.3) is 0 Å². The van der Waals surface area contributed by atoms with E-state index in [1.54, 1.807) is 0 Å². The normalized spacial score (nSPS) is 59.5. The summed E-state index contributed by atoms with van der Waals surface area (Å²) in [4.78, 5) is 12.1. The van der Waals surface area contributed by atoms with Gasteiger partial charge in [-0.3, -0.25) is 4.79 Å². The molecule has 1 spiro atoms. The molecule has 19 heavy (non-hydrogen) atoms. The van der Waals surface area contributed by atoms with Crippen LogP contribution in [0.3, 0.4) is 0 Å². The van der Waals surface area contributed by atoms with E-state index in [4.69, 9.17) is 14.2 Å². The molecule has 4 nitrogen and oxygen atoms in total. The number of ether oxygens (including phenoxy) is 3. The second-order valence-electron chi connectivity index (χ2n) is 7.07. The summed E-state index contributed by atoms with van der Waals surface area (Å²) < 4.78 is 18.0. The number of hydrogen-bond acceptors (Lipinski definition) is 4. The van der Waals surface area contributed by atoms with Gasteiger partial charge in [0.2, 0.25) is 6.29 Å². The van der Waals surface area contributed by atoms with E-state index in [1.165, 1.54) is 6.42 Å². The van der Waals surface area contributed by atoms with Crippen LogP contribution >= 0.6 is 0 Å². The van der Waals surface area contributed by atoms with Crippen molar-refractivity contribution in [3.05, 3.63) is 0 Å². The van der Waals surface area contributed by atoms with Crippen molar-refractivity contribution in [2.24, 2.45) is 23.7 Å². The summed E-state index contributed by atoms with van der Waals surface area (Å²) in [6, 6.07) is 0. The molecule has 4 heteroatoms. The summed E-state index contributed by atoms with van der Waals surface area (Å²) >= 11 is 0. The van der Waals surface area contributed by atoms with Crippen molar-refractivity contribution in [2.45, 2.75) is 64.1 Å². The fourth-order valence-electron chi connectivity index (χ4n) is 5.03. The summed E-state index contributed by atoms with van der Waals surface area (Å²) in [5.74, 6) is 0.586. The number of carbonyl (C=O) groups excluding carboxylic acids is 1. The second kappa shape index (κ2) is 3.53. The Hall–Kier alpha value is -0.610. The number of esters is 1.